The normalized spacial score (nSPS) is 10.9. The second-order valence-electron chi connectivity index (χ2n) is 5.17. The summed E-state index contributed by atoms with van der Waals surface area (Å²) in [6.45, 7) is 0. The Morgan fingerprint density at radius 3 is 1.79 bits per heavy atom. The summed E-state index contributed by atoms with van der Waals surface area (Å²) in [6, 6.07) is 16.0. The lowest BCUT2D eigenvalue weighted by Gasteiger charge is -2.10. The van der Waals surface area contributed by atoms with E-state index in [4.69, 9.17) is 9.97 Å². The van der Waals surface area contributed by atoms with E-state index in [1.807, 2.05) is 48.5 Å². The van der Waals surface area contributed by atoms with Gasteiger partial charge in [-0.15, -0.1) is 0 Å². The molecule has 0 spiro atoms. The molecule has 0 unspecified atom stereocenters. The zero-order valence-corrected chi connectivity index (χ0v) is 15.5. The van der Waals surface area contributed by atoms with Crippen molar-refractivity contribution >= 4 is 43.0 Å². The SMILES string of the molecule is Brc1ccc(-c2nc3cncnc3nc2-c2ccc(Br)cc2)cc1. The Hall–Kier alpha value is -2.18. The molecule has 4 nitrogen and oxygen atoms in total. The number of benzene rings is 2. The predicted molar refractivity (Wildman–Crippen MR) is 101 cm³/mol. The van der Waals surface area contributed by atoms with E-state index >= 15 is 0 Å². The van der Waals surface area contributed by atoms with Gasteiger partial charge < -0.3 is 0 Å². The molecule has 0 aliphatic heterocycles. The van der Waals surface area contributed by atoms with Crippen LogP contribution in [0.4, 0.5) is 0 Å². The van der Waals surface area contributed by atoms with E-state index in [1.165, 1.54) is 6.33 Å². The summed E-state index contributed by atoms with van der Waals surface area (Å²) in [6.07, 6.45) is 3.17. The van der Waals surface area contributed by atoms with Crippen LogP contribution < -0.4 is 0 Å². The number of halogens is 2. The topological polar surface area (TPSA) is 51.6 Å². The molecule has 0 amide bonds. The molecule has 0 saturated heterocycles. The van der Waals surface area contributed by atoms with Gasteiger partial charge in [-0.2, -0.15) is 0 Å². The molecule has 4 aromatic rings. The van der Waals surface area contributed by atoms with Crippen LogP contribution in [-0.4, -0.2) is 19.9 Å². The maximum absolute atomic E-state index is 4.76. The van der Waals surface area contributed by atoms with Crippen LogP contribution in [0, 0.1) is 0 Å². The summed E-state index contributed by atoms with van der Waals surface area (Å²) in [5, 5.41) is 0. The number of hydrogen-bond acceptors (Lipinski definition) is 4. The lowest BCUT2D eigenvalue weighted by Crippen LogP contribution is -1.97. The van der Waals surface area contributed by atoms with Crippen molar-refractivity contribution in [2.75, 3.05) is 0 Å². The molecule has 6 heteroatoms. The fourth-order valence-corrected chi connectivity index (χ4v) is 2.96. The van der Waals surface area contributed by atoms with E-state index in [0.717, 1.165) is 31.5 Å². The van der Waals surface area contributed by atoms with Crippen LogP contribution >= 0.6 is 31.9 Å². The van der Waals surface area contributed by atoms with Crippen molar-refractivity contribution in [1.82, 2.24) is 19.9 Å². The minimum atomic E-state index is 0.587. The average Bonchev–Trinajstić information content (AvgIpc) is 2.62. The highest BCUT2D eigenvalue weighted by molar-refractivity contribution is 9.10. The van der Waals surface area contributed by atoms with Crippen LogP contribution in [-0.2, 0) is 0 Å². The molecule has 0 N–H and O–H groups in total. The fraction of sp³-hybridized carbons (Fsp3) is 0. The molecule has 0 saturated carbocycles. The van der Waals surface area contributed by atoms with Crippen molar-refractivity contribution < 1.29 is 0 Å². The van der Waals surface area contributed by atoms with E-state index in [2.05, 4.69) is 41.8 Å². The number of rotatable bonds is 2. The summed E-state index contributed by atoms with van der Waals surface area (Å²) in [5.41, 5.74) is 4.86. The molecule has 0 fully saturated rings. The summed E-state index contributed by atoms with van der Waals surface area (Å²) in [7, 11) is 0. The highest BCUT2D eigenvalue weighted by Gasteiger charge is 2.13. The first-order valence-electron chi connectivity index (χ1n) is 7.20. The lowest BCUT2D eigenvalue weighted by molar-refractivity contribution is 1.15. The predicted octanol–water partition coefficient (Wildman–Crippen LogP) is 5.28. The standard InChI is InChI=1S/C18H10Br2N4/c19-13-5-1-11(2-6-13)16-17(12-3-7-14(20)8-4-12)24-18-15(23-16)9-21-10-22-18/h1-10H. The number of fused-ring (bicyclic) bond motifs is 1. The molecule has 2 heterocycles. The maximum Gasteiger partial charge on any atom is 0.181 e. The molecule has 4 rings (SSSR count). The number of nitrogens with zero attached hydrogens (tertiary/aromatic N) is 4. The largest absolute Gasteiger partial charge is 0.242 e. The monoisotopic (exact) mass is 440 g/mol. The second-order valence-corrected chi connectivity index (χ2v) is 7.00. The van der Waals surface area contributed by atoms with Crippen molar-refractivity contribution in [3.63, 3.8) is 0 Å². The molecule has 2 aromatic carbocycles. The molecular formula is C18H10Br2N4. The quantitative estimate of drug-likeness (QED) is 0.424. The molecule has 0 aliphatic rings. The molecule has 116 valence electrons. The van der Waals surface area contributed by atoms with Gasteiger partial charge in [-0.25, -0.2) is 19.9 Å². The van der Waals surface area contributed by atoms with Gasteiger partial charge in [0.15, 0.2) is 5.65 Å². The molecule has 0 bridgehead atoms. The van der Waals surface area contributed by atoms with Crippen LogP contribution in [0.25, 0.3) is 33.7 Å². The zero-order valence-electron chi connectivity index (χ0n) is 12.3. The Balaban J connectivity index is 2.00. The van der Waals surface area contributed by atoms with Crippen molar-refractivity contribution in [3.8, 4) is 22.5 Å². The zero-order chi connectivity index (χ0) is 16.5. The van der Waals surface area contributed by atoms with E-state index in [1.54, 1.807) is 6.20 Å². The first kappa shape index (κ1) is 15.4. The lowest BCUT2D eigenvalue weighted by atomic mass is 10.0. The van der Waals surface area contributed by atoms with Crippen molar-refractivity contribution in [2.45, 2.75) is 0 Å². The third-order valence-electron chi connectivity index (χ3n) is 3.58. The summed E-state index contributed by atoms with van der Waals surface area (Å²) >= 11 is 6.94. The Labute approximate surface area is 155 Å². The summed E-state index contributed by atoms with van der Waals surface area (Å²) < 4.78 is 2.04. The van der Waals surface area contributed by atoms with E-state index in [-0.39, 0.29) is 0 Å². The van der Waals surface area contributed by atoms with Crippen molar-refractivity contribution in [3.05, 3.63) is 70.0 Å². The second kappa shape index (κ2) is 6.37. The smallest absolute Gasteiger partial charge is 0.181 e. The van der Waals surface area contributed by atoms with E-state index in [9.17, 15) is 0 Å². The van der Waals surface area contributed by atoms with Gasteiger partial charge in [-0.1, -0.05) is 56.1 Å². The average molecular weight is 442 g/mol. The Morgan fingerprint density at radius 1 is 0.667 bits per heavy atom. The minimum absolute atomic E-state index is 0.587. The Bertz CT molecular complexity index is 931. The highest BCUT2D eigenvalue weighted by atomic mass is 79.9. The van der Waals surface area contributed by atoms with Gasteiger partial charge in [-0.3, -0.25) is 0 Å². The van der Waals surface area contributed by atoms with Gasteiger partial charge in [0.1, 0.15) is 11.8 Å². The van der Waals surface area contributed by atoms with Crippen LogP contribution in [0.15, 0.2) is 70.0 Å². The number of hydrogen-bond donors (Lipinski definition) is 0. The van der Waals surface area contributed by atoms with Gasteiger partial charge in [-0.05, 0) is 24.3 Å². The molecule has 0 atom stereocenters. The van der Waals surface area contributed by atoms with Gasteiger partial charge in [0, 0.05) is 20.1 Å². The summed E-state index contributed by atoms with van der Waals surface area (Å²) in [4.78, 5) is 17.8. The van der Waals surface area contributed by atoms with Crippen LogP contribution in [0.1, 0.15) is 0 Å². The maximum atomic E-state index is 4.76. The van der Waals surface area contributed by atoms with Gasteiger partial charge in [0.25, 0.3) is 0 Å². The Morgan fingerprint density at radius 2 is 1.21 bits per heavy atom. The highest BCUT2D eigenvalue weighted by Crippen LogP contribution is 2.31. The number of aromatic nitrogens is 4. The van der Waals surface area contributed by atoms with Gasteiger partial charge in [0.05, 0.1) is 17.6 Å². The fourth-order valence-electron chi connectivity index (χ4n) is 2.43. The minimum Gasteiger partial charge on any atom is -0.242 e. The molecule has 0 radical (unpaired) electrons. The first-order chi connectivity index (χ1) is 11.7. The third-order valence-corrected chi connectivity index (χ3v) is 4.64. The van der Waals surface area contributed by atoms with Crippen molar-refractivity contribution in [2.24, 2.45) is 0 Å². The Kier molecular flexibility index (Phi) is 4.08. The molecular weight excluding hydrogens is 432 g/mol. The van der Waals surface area contributed by atoms with Crippen LogP contribution in [0.5, 0.6) is 0 Å². The molecule has 24 heavy (non-hydrogen) atoms. The van der Waals surface area contributed by atoms with Gasteiger partial charge in [0.2, 0.25) is 0 Å². The van der Waals surface area contributed by atoms with Crippen LogP contribution in [0.2, 0.25) is 0 Å². The summed E-state index contributed by atoms with van der Waals surface area (Å²) in [5.74, 6) is 0. The van der Waals surface area contributed by atoms with Crippen molar-refractivity contribution in [1.29, 1.82) is 0 Å². The molecule has 2 aromatic heterocycles. The molecule has 0 aliphatic carbocycles. The van der Waals surface area contributed by atoms with Gasteiger partial charge >= 0.3 is 0 Å². The third kappa shape index (κ3) is 2.95. The van der Waals surface area contributed by atoms with E-state index < -0.39 is 0 Å². The first-order valence-corrected chi connectivity index (χ1v) is 8.79. The van der Waals surface area contributed by atoms with Crippen LogP contribution in [0.3, 0.4) is 0 Å². The van der Waals surface area contributed by atoms with E-state index in [0.29, 0.717) is 11.2 Å².